The zero-order valence-electron chi connectivity index (χ0n) is 12.4. The third-order valence-corrected chi connectivity index (χ3v) is 4.23. The Balaban J connectivity index is 1.73. The van der Waals surface area contributed by atoms with E-state index in [0.717, 1.165) is 37.8 Å². The van der Waals surface area contributed by atoms with Crippen LogP contribution in [0.25, 0.3) is 6.08 Å². The lowest BCUT2D eigenvalue weighted by molar-refractivity contribution is 0.0211. The van der Waals surface area contributed by atoms with E-state index in [1.165, 1.54) is 11.1 Å². The second-order valence-corrected chi connectivity index (χ2v) is 5.65. The zero-order valence-corrected chi connectivity index (χ0v) is 12.4. The van der Waals surface area contributed by atoms with Crippen LogP contribution in [0.4, 0.5) is 0 Å². The molecule has 22 heavy (non-hydrogen) atoms. The molecule has 3 nitrogen and oxygen atoms in total. The van der Waals surface area contributed by atoms with Crippen molar-refractivity contribution in [2.24, 2.45) is 0 Å². The Hall–Kier alpha value is -2.10. The van der Waals surface area contributed by atoms with Crippen LogP contribution in [0.1, 0.15) is 17.2 Å². The molecule has 2 aliphatic heterocycles. The average Bonchev–Trinajstić information content (AvgIpc) is 2.94. The van der Waals surface area contributed by atoms with E-state index in [2.05, 4.69) is 53.4 Å². The maximum Gasteiger partial charge on any atom is 0.132 e. The molecule has 0 spiro atoms. The van der Waals surface area contributed by atoms with E-state index >= 15 is 0 Å². The van der Waals surface area contributed by atoms with Gasteiger partial charge in [-0.1, -0.05) is 48.5 Å². The largest absolute Gasteiger partial charge is 0.459 e. The predicted molar refractivity (Wildman–Crippen MR) is 86.6 cm³/mol. The molecule has 3 heteroatoms. The van der Waals surface area contributed by atoms with Crippen LogP contribution >= 0.6 is 0 Å². The van der Waals surface area contributed by atoms with Crippen molar-refractivity contribution < 1.29 is 9.47 Å². The number of hydrogen-bond donors (Lipinski definition) is 0. The van der Waals surface area contributed by atoms with Crippen molar-refractivity contribution in [3.63, 3.8) is 0 Å². The number of morpholine rings is 1. The minimum atomic E-state index is 0.195. The standard InChI is InChI=1S/C19H19NO2/c1-2-6-15(7-3-1)14-18-19(20-10-12-21-13-11-20)16-8-4-5-9-17(16)22-18/h1-9,14,19H,10-13H2/b18-14-. The molecule has 1 fully saturated rings. The highest BCUT2D eigenvalue weighted by atomic mass is 16.5. The molecule has 4 rings (SSSR count). The maximum atomic E-state index is 6.16. The Morgan fingerprint density at radius 2 is 1.64 bits per heavy atom. The third kappa shape index (κ3) is 2.54. The lowest BCUT2D eigenvalue weighted by Gasteiger charge is -2.32. The van der Waals surface area contributed by atoms with Crippen LogP contribution in [0, 0.1) is 0 Å². The molecule has 2 aromatic carbocycles. The van der Waals surface area contributed by atoms with Gasteiger partial charge in [-0.15, -0.1) is 0 Å². The van der Waals surface area contributed by atoms with E-state index in [1.54, 1.807) is 0 Å². The quantitative estimate of drug-likeness (QED) is 0.846. The van der Waals surface area contributed by atoms with Gasteiger partial charge >= 0.3 is 0 Å². The molecule has 1 unspecified atom stereocenters. The molecule has 112 valence electrons. The molecule has 0 amide bonds. The molecule has 2 heterocycles. The molecule has 0 aromatic heterocycles. The second-order valence-electron chi connectivity index (χ2n) is 5.65. The Bertz CT molecular complexity index is 675. The van der Waals surface area contributed by atoms with Crippen LogP contribution < -0.4 is 4.74 Å². The summed E-state index contributed by atoms with van der Waals surface area (Å²) in [6, 6.07) is 18.9. The molecule has 0 bridgehead atoms. The summed E-state index contributed by atoms with van der Waals surface area (Å²) in [5.41, 5.74) is 2.43. The summed E-state index contributed by atoms with van der Waals surface area (Å²) in [6.45, 7) is 3.46. The molecule has 2 aromatic rings. The van der Waals surface area contributed by atoms with Crippen molar-refractivity contribution in [1.82, 2.24) is 4.90 Å². The van der Waals surface area contributed by atoms with Gasteiger partial charge in [0, 0.05) is 18.7 Å². The van der Waals surface area contributed by atoms with E-state index in [-0.39, 0.29) is 6.04 Å². The Morgan fingerprint density at radius 3 is 2.45 bits per heavy atom. The van der Waals surface area contributed by atoms with Crippen LogP contribution in [0.3, 0.4) is 0 Å². The second kappa shape index (κ2) is 5.95. The lowest BCUT2D eigenvalue weighted by Crippen LogP contribution is -2.39. The van der Waals surface area contributed by atoms with Gasteiger partial charge in [0.2, 0.25) is 0 Å². The molecular formula is C19H19NO2. The first kappa shape index (κ1) is 13.6. The summed E-state index contributed by atoms with van der Waals surface area (Å²) in [5, 5.41) is 0. The highest BCUT2D eigenvalue weighted by Crippen LogP contribution is 2.43. The van der Waals surface area contributed by atoms with Crippen molar-refractivity contribution in [3.8, 4) is 5.75 Å². The fraction of sp³-hybridized carbons (Fsp3) is 0.263. The van der Waals surface area contributed by atoms with Crippen molar-refractivity contribution in [3.05, 3.63) is 71.5 Å². The molecule has 2 aliphatic rings. The molecular weight excluding hydrogens is 274 g/mol. The highest BCUT2D eigenvalue weighted by molar-refractivity contribution is 5.58. The first-order valence-corrected chi connectivity index (χ1v) is 7.77. The number of para-hydroxylation sites is 1. The van der Waals surface area contributed by atoms with Crippen molar-refractivity contribution in [1.29, 1.82) is 0 Å². The van der Waals surface area contributed by atoms with E-state index in [9.17, 15) is 0 Å². The van der Waals surface area contributed by atoms with Gasteiger partial charge < -0.3 is 9.47 Å². The normalized spacial score (nSPS) is 23.3. The third-order valence-electron chi connectivity index (χ3n) is 4.23. The molecule has 0 aliphatic carbocycles. The molecule has 1 saturated heterocycles. The van der Waals surface area contributed by atoms with E-state index in [1.807, 2.05) is 12.1 Å². The van der Waals surface area contributed by atoms with E-state index in [0.29, 0.717) is 0 Å². The molecule has 0 saturated carbocycles. The monoisotopic (exact) mass is 293 g/mol. The van der Waals surface area contributed by atoms with Gasteiger partial charge in [0.1, 0.15) is 11.5 Å². The summed E-state index contributed by atoms with van der Waals surface area (Å²) in [7, 11) is 0. The summed E-state index contributed by atoms with van der Waals surface area (Å²) in [5.74, 6) is 1.98. The van der Waals surface area contributed by atoms with Crippen LogP contribution in [0.15, 0.2) is 60.4 Å². The van der Waals surface area contributed by atoms with E-state index in [4.69, 9.17) is 9.47 Å². The topological polar surface area (TPSA) is 21.7 Å². The fourth-order valence-electron chi connectivity index (χ4n) is 3.17. The smallest absolute Gasteiger partial charge is 0.132 e. The van der Waals surface area contributed by atoms with Gasteiger partial charge in [0.25, 0.3) is 0 Å². The number of fused-ring (bicyclic) bond motifs is 1. The van der Waals surface area contributed by atoms with Crippen LogP contribution in [0.2, 0.25) is 0 Å². The minimum Gasteiger partial charge on any atom is -0.459 e. The number of rotatable bonds is 2. The van der Waals surface area contributed by atoms with Gasteiger partial charge in [-0.05, 0) is 17.7 Å². The summed E-state index contributed by atoms with van der Waals surface area (Å²) in [6.07, 6.45) is 2.15. The van der Waals surface area contributed by atoms with Gasteiger partial charge in [-0.2, -0.15) is 0 Å². The Labute approximate surface area is 130 Å². The first-order chi connectivity index (χ1) is 10.9. The predicted octanol–water partition coefficient (Wildman–Crippen LogP) is 3.49. The van der Waals surface area contributed by atoms with Crippen LogP contribution in [0.5, 0.6) is 5.75 Å². The van der Waals surface area contributed by atoms with E-state index < -0.39 is 0 Å². The van der Waals surface area contributed by atoms with Gasteiger partial charge in [-0.25, -0.2) is 0 Å². The molecule has 1 atom stereocenters. The van der Waals surface area contributed by atoms with Crippen molar-refractivity contribution >= 4 is 6.08 Å². The number of hydrogen-bond acceptors (Lipinski definition) is 3. The van der Waals surface area contributed by atoms with Gasteiger partial charge in [0.15, 0.2) is 0 Å². The van der Waals surface area contributed by atoms with Crippen molar-refractivity contribution in [2.45, 2.75) is 6.04 Å². The first-order valence-electron chi connectivity index (χ1n) is 7.77. The number of nitrogens with zero attached hydrogens (tertiary/aromatic N) is 1. The lowest BCUT2D eigenvalue weighted by atomic mass is 10.0. The highest BCUT2D eigenvalue weighted by Gasteiger charge is 2.34. The maximum absolute atomic E-state index is 6.16. The van der Waals surface area contributed by atoms with Crippen LogP contribution in [-0.2, 0) is 4.74 Å². The zero-order chi connectivity index (χ0) is 14.8. The Morgan fingerprint density at radius 1 is 0.909 bits per heavy atom. The molecule has 0 N–H and O–H groups in total. The summed E-state index contributed by atoms with van der Waals surface area (Å²) in [4.78, 5) is 2.45. The summed E-state index contributed by atoms with van der Waals surface area (Å²) >= 11 is 0. The van der Waals surface area contributed by atoms with Gasteiger partial charge in [0.05, 0.1) is 19.3 Å². The minimum absolute atomic E-state index is 0.195. The molecule has 0 radical (unpaired) electrons. The average molecular weight is 293 g/mol. The van der Waals surface area contributed by atoms with Crippen LogP contribution in [-0.4, -0.2) is 31.2 Å². The SMILES string of the molecule is C(=C1/Oc2ccccc2C1N1CCOCC1)/c1ccccc1. The Kier molecular flexibility index (Phi) is 3.67. The number of benzene rings is 2. The summed E-state index contributed by atoms with van der Waals surface area (Å²) < 4.78 is 11.7. The van der Waals surface area contributed by atoms with Crippen molar-refractivity contribution in [2.75, 3.05) is 26.3 Å². The fourth-order valence-corrected chi connectivity index (χ4v) is 3.17. The van der Waals surface area contributed by atoms with Gasteiger partial charge in [-0.3, -0.25) is 4.90 Å². The number of ether oxygens (including phenoxy) is 2.